The van der Waals surface area contributed by atoms with Crippen molar-refractivity contribution >= 4 is 0 Å². The zero-order chi connectivity index (χ0) is 15.8. The Bertz CT molecular complexity index is 411. The van der Waals surface area contributed by atoms with E-state index in [1.54, 1.807) is 0 Å². The smallest absolute Gasteiger partial charge is 0.0715 e. The van der Waals surface area contributed by atoms with Crippen LogP contribution in [0.3, 0.4) is 0 Å². The molecule has 2 fully saturated rings. The molecule has 0 unspecified atom stereocenters. The van der Waals surface area contributed by atoms with Gasteiger partial charge < -0.3 is 10.2 Å². The summed E-state index contributed by atoms with van der Waals surface area (Å²) in [5.74, 6) is 0.509. The van der Waals surface area contributed by atoms with E-state index in [0.29, 0.717) is 0 Å². The van der Waals surface area contributed by atoms with Gasteiger partial charge in [0, 0.05) is 11.8 Å². The van der Waals surface area contributed by atoms with Gasteiger partial charge >= 0.3 is 0 Å². The van der Waals surface area contributed by atoms with Crippen molar-refractivity contribution in [2.45, 2.75) is 95.7 Å². The van der Waals surface area contributed by atoms with Gasteiger partial charge in [-0.25, -0.2) is 0 Å². The van der Waals surface area contributed by atoms with E-state index in [-0.39, 0.29) is 17.3 Å². The monoisotopic (exact) mass is 306 g/mol. The largest absolute Gasteiger partial charge is 0.389 e. The van der Waals surface area contributed by atoms with Crippen molar-refractivity contribution < 1.29 is 10.2 Å². The van der Waals surface area contributed by atoms with Crippen LogP contribution in [0, 0.1) is 17.3 Å². The number of aliphatic hydroxyl groups is 2. The van der Waals surface area contributed by atoms with Crippen molar-refractivity contribution in [2.75, 3.05) is 0 Å². The van der Waals surface area contributed by atoms with Gasteiger partial charge in [-0.3, -0.25) is 0 Å². The standard InChI is InChI=1S/C20H34O2/c1-18(2)15-16(19(21)11-5-3-6-12-19)9-10-17(18)20(22)13-7-4-8-14-20/h9-10,16-17,21-22H,3-8,11-15H2,1-2H3/t16-,17+/m1/s1. The van der Waals surface area contributed by atoms with Gasteiger partial charge in [0.25, 0.3) is 0 Å². The van der Waals surface area contributed by atoms with E-state index in [4.69, 9.17) is 0 Å². The Morgan fingerprint density at radius 1 is 0.727 bits per heavy atom. The lowest BCUT2D eigenvalue weighted by Gasteiger charge is -2.51. The lowest BCUT2D eigenvalue weighted by Crippen LogP contribution is -2.51. The first-order chi connectivity index (χ1) is 10.4. The van der Waals surface area contributed by atoms with Gasteiger partial charge in [0.2, 0.25) is 0 Å². The first-order valence-corrected chi connectivity index (χ1v) is 9.49. The van der Waals surface area contributed by atoms with Crippen LogP contribution in [0.2, 0.25) is 0 Å². The molecule has 0 aromatic rings. The average Bonchev–Trinajstić information content (AvgIpc) is 2.47. The fourth-order valence-corrected chi connectivity index (χ4v) is 5.55. The second kappa shape index (κ2) is 5.94. The number of hydrogen-bond donors (Lipinski definition) is 2. The molecule has 0 spiro atoms. The first-order valence-electron chi connectivity index (χ1n) is 9.49. The molecule has 2 saturated carbocycles. The molecule has 3 aliphatic carbocycles. The van der Waals surface area contributed by atoms with E-state index in [2.05, 4.69) is 26.0 Å². The lowest BCUT2D eigenvalue weighted by molar-refractivity contribution is -0.0994. The Morgan fingerprint density at radius 3 is 1.73 bits per heavy atom. The molecular weight excluding hydrogens is 272 g/mol. The van der Waals surface area contributed by atoms with Crippen LogP contribution in [-0.2, 0) is 0 Å². The zero-order valence-electron chi connectivity index (χ0n) is 14.5. The maximum absolute atomic E-state index is 11.2. The lowest BCUT2D eigenvalue weighted by atomic mass is 9.57. The summed E-state index contributed by atoms with van der Waals surface area (Å²) >= 11 is 0. The Kier molecular flexibility index (Phi) is 4.46. The third-order valence-corrected chi connectivity index (χ3v) is 6.83. The molecule has 0 saturated heterocycles. The highest BCUT2D eigenvalue weighted by Crippen LogP contribution is 2.52. The second-order valence-electron chi connectivity index (χ2n) is 8.99. The third-order valence-electron chi connectivity index (χ3n) is 6.83. The zero-order valence-corrected chi connectivity index (χ0v) is 14.5. The summed E-state index contributed by atoms with van der Waals surface area (Å²) in [4.78, 5) is 0. The quantitative estimate of drug-likeness (QED) is 0.732. The summed E-state index contributed by atoms with van der Waals surface area (Å²) in [6.07, 6.45) is 16.5. The summed E-state index contributed by atoms with van der Waals surface area (Å²) in [5.41, 5.74) is -0.941. The van der Waals surface area contributed by atoms with E-state index in [1.165, 1.54) is 12.8 Å². The summed E-state index contributed by atoms with van der Waals surface area (Å²) in [5, 5.41) is 22.3. The van der Waals surface area contributed by atoms with Gasteiger partial charge in [-0.2, -0.15) is 0 Å². The van der Waals surface area contributed by atoms with Crippen molar-refractivity contribution in [3.8, 4) is 0 Å². The van der Waals surface area contributed by atoms with Gasteiger partial charge in [0.1, 0.15) is 0 Å². The molecule has 3 rings (SSSR count). The molecule has 0 bridgehead atoms. The fraction of sp³-hybridized carbons (Fsp3) is 0.900. The van der Waals surface area contributed by atoms with Gasteiger partial charge in [0.05, 0.1) is 11.2 Å². The number of rotatable bonds is 2. The molecule has 3 aliphatic rings. The van der Waals surface area contributed by atoms with E-state index in [9.17, 15) is 10.2 Å². The highest BCUT2D eigenvalue weighted by Gasteiger charge is 2.49. The third kappa shape index (κ3) is 3.01. The molecule has 0 radical (unpaired) electrons. The molecule has 2 atom stereocenters. The summed E-state index contributed by atoms with van der Waals surface area (Å²) in [7, 11) is 0. The first kappa shape index (κ1) is 16.5. The highest BCUT2D eigenvalue weighted by atomic mass is 16.3. The number of hydrogen-bond acceptors (Lipinski definition) is 2. The minimum absolute atomic E-state index is 0.0681. The topological polar surface area (TPSA) is 40.5 Å². The normalized spacial score (nSPS) is 36.9. The summed E-state index contributed by atoms with van der Waals surface area (Å²) < 4.78 is 0. The van der Waals surface area contributed by atoms with Crippen LogP contribution in [-0.4, -0.2) is 21.4 Å². The summed E-state index contributed by atoms with van der Waals surface area (Å²) in [6.45, 7) is 4.60. The molecule has 0 aliphatic heterocycles. The van der Waals surface area contributed by atoms with Crippen molar-refractivity contribution in [1.82, 2.24) is 0 Å². The van der Waals surface area contributed by atoms with Crippen LogP contribution in [0.5, 0.6) is 0 Å². The maximum Gasteiger partial charge on any atom is 0.0715 e. The summed E-state index contributed by atoms with van der Waals surface area (Å²) in [6, 6.07) is 0. The van der Waals surface area contributed by atoms with E-state index < -0.39 is 11.2 Å². The van der Waals surface area contributed by atoms with Crippen LogP contribution < -0.4 is 0 Å². The van der Waals surface area contributed by atoms with Crippen molar-refractivity contribution in [3.05, 3.63) is 12.2 Å². The molecule has 0 aromatic heterocycles. The molecule has 2 N–H and O–H groups in total. The molecule has 2 heteroatoms. The predicted molar refractivity (Wildman–Crippen MR) is 90.6 cm³/mol. The van der Waals surface area contributed by atoms with Crippen molar-refractivity contribution in [2.24, 2.45) is 17.3 Å². The Balaban J connectivity index is 1.80. The van der Waals surface area contributed by atoms with Crippen LogP contribution in [0.1, 0.15) is 84.5 Å². The molecule has 0 aromatic carbocycles. The maximum atomic E-state index is 11.2. The predicted octanol–water partition coefficient (Wildman–Crippen LogP) is 4.60. The molecule has 126 valence electrons. The molecule has 0 heterocycles. The molecule has 0 amide bonds. The van der Waals surface area contributed by atoms with E-state index in [1.807, 2.05) is 0 Å². The fourth-order valence-electron chi connectivity index (χ4n) is 5.55. The molecule has 2 nitrogen and oxygen atoms in total. The van der Waals surface area contributed by atoms with Crippen LogP contribution in [0.25, 0.3) is 0 Å². The van der Waals surface area contributed by atoms with Crippen LogP contribution >= 0.6 is 0 Å². The average molecular weight is 306 g/mol. The second-order valence-corrected chi connectivity index (χ2v) is 8.99. The van der Waals surface area contributed by atoms with Crippen molar-refractivity contribution in [1.29, 1.82) is 0 Å². The molecular formula is C20H34O2. The highest BCUT2D eigenvalue weighted by molar-refractivity contribution is 5.15. The van der Waals surface area contributed by atoms with Crippen LogP contribution in [0.4, 0.5) is 0 Å². The Hall–Kier alpha value is -0.340. The van der Waals surface area contributed by atoms with E-state index in [0.717, 1.165) is 57.8 Å². The minimum atomic E-state index is -0.515. The molecule has 22 heavy (non-hydrogen) atoms. The van der Waals surface area contributed by atoms with Gasteiger partial charge in [-0.15, -0.1) is 0 Å². The van der Waals surface area contributed by atoms with Gasteiger partial charge in [-0.1, -0.05) is 64.5 Å². The van der Waals surface area contributed by atoms with Crippen molar-refractivity contribution in [3.63, 3.8) is 0 Å². The van der Waals surface area contributed by atoms with E-state index >= 15 is 0 Å². The van der Waals surface area contributed by atoms with Gasteiger partial charge in [-0.05, 0) is 37.5 Å². The Morgan fingerprint density at radius 2 is 1.23 bits per heavy atom. The van der Waals surface area contributed by atoms with Crippen LogP contribution in [0.15, 0.2) is 12.2 Å². The SMILES string of the molecule is CC1(C)C[C@H](C2(O)CCCCC2)C=C[C@@H]1C1(O)CCCCC1. The Labute approximate surface area is 136 Å². The minimum Gasteiger partial charge on any atom is -0.389 e. The van der Waals surface area contributed by atoms with Gasteiger partial charge in [0.15, 0.2) is 0 Å².